The quantitative estimate of drug-likeness (QED) is 0.379. The van der Waals surface area contributed by atoms with Gasteiger partial charge in [-0.1, -0.05) is 57.2 Å². The molecule has 2 N–H and O–H groups in total. The van der Waals surface area contributed by atoms with E-state index in [1.807, 2.05) is 12.1 Å². The zero-order valence-electron chi connectivity index (χ0n) is 19.2. The molecule has 0 unspecified atom stereocenters. The second-order valence-electron chi connectivity index (χ2n) is 8.40. The number of benzene rings is 3. The fourth-order valence-corrected chi connectivity index (χ4v) is 2.94. The van der Waals surface area contributed by atoms with E-state index in [0.717, 1.165) is 5.56 Å². The van der Waals surface area contributed by atoms with Gasteiger partial charge in [0.1, 0.15) is 17.1 Å². The van der Waals surface area contributed by atoms with E-state index in [4.69, 9.17) is 14.9 Å². The second kappa shape index (κ2) is 11.1. The summed E-state index contributed by atoms with van der Waals surface area (Å²) in [6.07, 6.45) is -0.124. The van der Waals surface area contributed by atoms with Crippen molar-refractivity contribution < 1.29 is 29.3 Å². The Hall–Kier alpha value is -3.93. The summed E-state index contributed by atoms with van der Waals surface area (Å²) in [6.45, 7) is 6.37. The van der Waals surface area contributed by atoms with E-state index in [1.54, 1.807) is 55.6 Å². The number of hydrogen-bond donors (Lipinski definition) is 2. The van der Waals surface area contributed by atoms with Gasteiger partial charge in [0.15, 0.2) is 11.6 Å². The van der Waals surface area contributed by atoms with Crippen LogP contribution in [0.4, 0.5) is 0 Å². The molecule has 3 aromatic rings. The number of carboxylic acids is 1. The molecule has 3 rings (SSSR count). The van der Waals surface area contributed by atoms with Crippen molar-refractivity contribution in [3.05, 3.63) is 95.1 Å². The summed E-state index contributed by atoms with van der Waals surface area (Å²) in [4.78, 5) is 34.7. The molecular weight excluding hydrogens is 420 g/mol. The lowest BCUT2D eigenvalue weighted by Gasteiger charge is -2.18. The highest BCUT2D eigenvalue weighted by atomic mass is 16.5. The molecule has 0 saturated carbocycles. The Morgan fingerprint density at radius 1 is 0.788 bits per heavy atom. The summed E-state index contributed by atoms with van der Waals surface area (Å²) in [5, 5.41) is 17.3. The Labute approximate surface area is 193 Å². The molecule has 0 saturated heterocycles. The Kier molecular flexibility index (Phi) is 8.51. The zero-order valence-corrected chi connectivity index (χ0v) is 19.2. The number of aromatic carboxylic acids is 1. The van der Waals surface area contributed by atoms with Gasteiger partial charge in [-0.2, -0.15) is 0 Å². The molecule has 0 atom stereocenters. The first kappa shape index (κ1) is 25.3. The van der Waals surface area contributed by atoms with Gasteiger partial charge in [0.2, 0.25) is 0 Å². The molecule has 0 bridgehead atoms. The fourth-order valence-electron chi connectivity index (χ4n) is 2.94. The molecule has 6 nitrogen and oxygen atoms in total. The maximum atomic E-state index is 12.3. The molecule has 0 aromatic heterocycles. The van der Waals surface area contributed by atoms with Crippen molar-refractivity contribution in [2.24, 2.45) is 0 Å². The van der Waals surface area contributed by atoms with Crippen molar-refractivity contribution in [2.75, 3.05) is 7.11 Å². The van der Waals surface area contributed by atoms with E-state index >= 15 is 0 Å². The van der Waals surface area contributed by atoms with Crippen molar-refractivity contribution in [2.45, 2.75) is 32.6 Å². The standard InChI is InChI=1S/C20H22O3.C7H6O3/c1-20(2,3)16-9-5-14(6-10-16)18(21)13-19(22)15-7-11-17(23-4)12-8-15;8-6-4-2-1-3-5(6)7(9)10/h5-12H,13H2,1-4H3;1-4,8H,(H,9,10). The largest absolute Gasteiger partial charge is 0.507 e. The van der Waals surface area contributed by atoms with E-state index < -0.39 is 5.97 Å². The van der Waals surface area contributed by atoms with Crippen LogP contribution in [-0.4, -0.2) is 34.9 Å². The number of carboxylic acid groups (broad SMARTS) is 1. The zero-order chi connectivity index (χ0) is 24.6. The topological polar surface area (TPSA) is 101 Å². The Balaban J connectivity index is 0.000000321. The minimum atomic E-state index is -1.11. The Morgan fingerprint density at radius 2 is 1.27 bits per heavy atom. The molecule has 6 heteroatoms. The van der Waals surface area contributed by atoms with Crippen LogP contribution in [0.3, 0.4) is 0 Å². The highest BCUT2D eigenvalue weighted by Gasteiger charge is 2.16. The fraction of sp³-hybridized carbons (Fsp3) is 0.222. The van der Waals surface area contributed by atoms with Crippen LogP contribution in [0.2, 0.25) is 0 Å². The average molecular weight is 449 g/mol. The molecule has 0 radical (unpaired) electrons. The van der Waals surface area contributed by atoms with E-state index in [1.165, 1.54) is 12.1 Å². The van der Waals surface area contributed by atoms with Crippen molar-refractivity contribution in [1.29, 1.82) is 0 Å². The number of rotatable bonds is 6. The number of phenols is 1. The molecule has 0 fully saturated rings. The molecule has 0 aliphatic rings. The highest BCUT2D eigenvalue weighted by molar-refractivity contribution is 6.13. The lowest BCUT2D eigenvalue weighted by molar-refractivity contribution is 0.0693. The number of ketones is 2. The predicted octanol–water partition coefficient (Wildman–Crippen LogP) is 5.54. The summed E-state index contributed by atoms with van der Waals surface area (Å²) in [6, 6.07) is 20.1. The Morgan fingerprint density at radius 3 is 1.67 bits per heavy atom. The second-order valence-corrected chi connectivity index (χ2v) is 8.40. The van der Waals surface area contributed by atoms with Gasteiger partial charge in [-0.15, -0.1) is 0 Å². The van der Waals surface area contributed by atoms with Crippen LogP contribution in [0.25, 0.3) is 0 Å². The van der Waals surface area contributed by atoms with Crippen LogP contribution in [0.5, 0.6) is 11.5 Å². The minimum Gasteiger partial charge on any atom is -0.507 e. The van der Waals surface area contributed by atoms with Crippen LogP contribution >= 0.6 is 0 Å². The number of carbonyl (C=O) groups excluding carboxylic acids is 2. The number of para-hydroxylation sites is 1. The third kappa shape index (κ3) is 7.31. The molecule has 0 aliphatic carbocycles. The molecule has 0 heterocycles. The summed E-state index contributed by atoms with van der Waals surface area (Å²) in [5.74, 6) is -0.970. The van der Waals surface area contributed by atoms with Crippen LogP contribution in [0, 0.1) is 0 Å². The molecular formula is C27H28O6. The first-order valence-corrected chi connectivity index (χ1v) is 10.3. The number of hydrogen-bond acceptors (Lipinski definition) is 5. The SMILES string of the molecule is COc1ccc(C(=O)CC(=O)c2ccc(C(C)(C)C)cc2)cc1.O=C(O)c1ccccc1O. The average Bonchev–Trinajstić information content (AvgIpc) is 2.79. The summed E-state index contributed by atoms with van der Waals surface area (Å²) in [7, 11) is 1.57. The number of Topliss-reactive ketones (excluding diaryl/α,β-unsaturated/α-hetero) is 2. The Bertz CT molecular complexity index is 1110. The third-order valence-corrected chi connectivity index (χ3v) is 4.94. The number of aromatic hydroxyl groups is 1. The van der Waals surface area contributed by atoms with Gasteiger partial charge in [-0.05, 0) is 47.4 Å². The summed E-state index contributed by atoms with van der Waals surface area (Å²) in [5.41, 5.74) is 2.23. The van der Waals surface area contributed by atoms with E-state index in [-0.39, 0.29) is 34.7 Å². The smallest absolute Gasteiger partial charge is 0.339 e. The lowest BCUT2D eigenvalue weighted by atomic mass is 9.86. The first-order chi connectivity index (χ1) is 15.5. The molecule has 3 aromatic carbocycles. The summed E-state index contributed by atoms with van der Waals surface area (Å²) < 4.78 is 5.06. The van der Waals surface area contributed by atoms with Crippen LogP contribution in [0.15, 0.2) is 72.8 Å². The molecule has 33 heavy (non-hydrogen) atoms. The van der Waals surface area contributed by atoms with Crippen molar-refractivity contribution in [3.63, 3.8) is 0 Å². The van der Waals surface area contributed by atoms with E-state index in [0.29, 0.717) is 16.9 Å². The van der Waals surface area contributed by atoms with E-state index in [9.17, 15) is 14.4 Å². The van der Waals surface area contributed by atoms with Crippen LogP contribution in [0.1, 0.15) is 63.8 Å². The van der Waals surface area contributed by atoms with Gasteiger partial charge in [0.25, 0.3) is 0 Å². The molecule has 172 valence electrons. The molecule has 0 aliphatic heterocycles. The normalized spacial score (nSPS) is 10.5. The first-order valence-electron chi connectivity index (χ1n) is 10.3. The van der Waals surface area contributed by atoms with Gasteiger partial charge < -0.3 is 14.9 Å². The van der Waals surface area contributed by atoms with Gasteiger partial charge in [0.05, 0.1) is 13.5 Å². The lowest BCUT2D eigenvalue weighted by Crippen LogP contribution is -2.12. The molecule has 0 spiro atoms. The molecule has 0 amide bonds. The van der Waals surface area contributed by atoms with E-state index in [2.05, 4.69) is 20.8 Å². The third-order valence-electron chi connectivity index (χ3n) is 4.94. The number of ether oxygens (including phenoxy) is 1. The summed E-state index contributed by atoms with van der Waals surface area (Å²) >= 11 is 0. The number of carbonyl (C=O) groups is 3. The highest BCUT2D eigenvalue weighted by Crippen LogP contribution is 2.23. The van der Waals surface area contributed by atoms with Crippen molar-refractivity contribution in [1.82, 2.24) is 0 Å². The van der Waals surface area contributed by atoms with Crippen molar-refractivity contribution >= 4 is 17.5 Å². The van der Waals surface area contributed by atoms with Gasteiger partial charge in [-0.25, -0.2) is 4.79 Å². The number of methoxy groups -OCH3 is 1. The van der Waals surface area contributed by atoms with Crippen LogP contribution < -0.4 is 4.74 Å². The van der Waals surface area contributed by atoms with Crippen molar-refractivity contribution in [3.8, 4) is 11.5 Å². The maximum Gasteiger partial charge on any atom is 0.339 e. The maximum absolute atomic E-state index is 12.3. The van der Waals surface area contributed by atoms with Gasteiger partial charge >= 0.3 is 5.97 Å². The van der Waals surface area contributed by atoms with Crippen LogP contribution in [-0.2, 0) is 5.41 Å². The van der Waals surface area contributed by atoms with Gasteiger partial charge in [-0.3, -0.25) is 9.59 Å². The monoisotopic (exact) mass is 448 g/mol. The van der Waals surface area contributed by atoms with Gasteiger partial charge in [0, 0.05) is 11.1 Å². The minimum absolute atomic E-state index is 0.0422. The predicted molar refractivity (Wildman–Crippen MR) is 126 cm³/mol.